The highest BCUT2D eigenvalue weighted by Gasteiger charge is 2.14. The van der Waals surface area contributed by atoms with Gasteiger partial charge in [-0.15, -0.1) is 11.6 Å². The molecule has 7 heteroatoms. The number of aromatic nitrogens is 3. The Balaban J connectivity index is 2.30. The van der Waals surface area contributed by atoms with Gasteiger partial charge in [0.25, 0.3) is 0 Å². The van der Waals surface area contributed by atoms with Crippen LogP contribution < -0.4 is 0 Å². The Kier molecular flexibility index (Phi) is 3.91. The van der Waals surface area contributed by atoms with E-state index in [0.717, 1.165) is 10.2 Å². The number of halogens is 4. The lowest BCUT2D eigenvalue weighted by Gasteiger charge is -2.08. The summed E-state index contributed by atoms with van der Waals surface area (Å²) in [5, 5.41) is 1.15. The number of nitrogens with zero attached hydrogens (tertiary/aromatic N) is 3. The molecule has 0 amide bonds. The lowest BCUT2D eigenvalue weighted by Crippen LogP contribution is -2.00. The molecule has 3 nitrogen and oxygen atoms in total. The van der Waals surface area contributed by atoms with E-state index >= 15 is 0 Å². The third-order valence-electron chi connectivity index (χ3n) is 2.81. The van der Waals surface area contributed by atoms with Crippen LogP contribution in [-0.2, 0) is 5.88 Å². The van der Waals surface area contributed by atoms with Gasteiger partial charge in [-0.3, -0.25) is 4.57 Å². The van der Waals surface area contributed by atoms with E-state index in [4.69, 9.17) is 34.8 Å². The van der Waals surface area contributed by atoms with Gasteiger partial charge in [-0.2, -0.15) is 0 Å². The van der Waals surface area contributed by atoms with Crippen LogP contribution in [0, 0.1) is 0 Å². The Morgan fingerprint density at radius 1 is 1.20 bits per heavy atom. The summed E-state index contributed by atoms with van der Waals surface area (Å²) in [7, 11) is 0. The van der Waals surface area contributed by atoms with Crippen LogP contribution in [0.3, 0.4) is 0 Å². The molecule has 1 aromatic carbocycles. The van der Waals surface area contributed by atoms with Crippen LogP contribution in [0.15, 0.2) is 34.9 Å². The average Bonchev–Trinajstić information content (AvgIpc) is 2.79. The van der Waals surface area contributed by atoms with Crippen LogP contribution in [-0.4, -0.2) is 14.5 Å². The van der Waals surface area contributed by atoms with Gasteiger partial charge in [0.2, 0.25) is 0 Å². The second-order valence-corrected chi connectivity index (χ2v) is 6.06. The fraction of sp³-hybridized carbons (Fsp3) is 0.0769. The molecule has 3 rings (SSSR count). The van der Waals surface area contributed by atoms with E-state index in [1.54, 1.807) is 12.3 Å². The predicted octanol–water partition coefficient (Wildman–Crippen LogP) is 5.23. The first-order chi connectivity index (χ1) is 9.60. The number of alkyl halides is 1. The van der Waals surface area contributed by atoms with E-state index in [-0.39, 0.29) is 5.88 Å². The van der Waals surface area contributed by atoms with Gasteiger partial charge in [0.15, 0.2) is 5.65 Å². The highest BCUT2D eigenvalue weighted by molar-refractivity contribution is 9.10. The molecule has 0 spiro atoms. The third-order valence-corrected chi connectivity index (χ3v) is 4.49. The Morgan fingerprint density at radius 3 is 2.70 bits per heavy atom. The minimum atomic E-state index is 0.266. The number of hydrogen-bond acceptors (Lipinski definition) is 2. The SMILES string of the molecule is ClCc1nc2cc(Cl)cnc2n1-c1ccc(Br)c(Cl)c1. The first-order valence-corrected chi connectivity index (χ1v) is 7.73. The number of imidazole rings is 1. The van der Waals surface area contributed by atoms with Crippen LogP contribution in [0.25, 0.3) is 16.9 Å². The summed E-state index contributed by atoms with van der Waals surface area (Å²) in [4.78, 5) is 8.78. The van der Waals surface area contributed by atoms with Crippen molar-refractivity contribution in [3.63, 3.8) is 0 Å². The van der Waals surface area contributed by atoms with Crippen molar-refractivity contribution in [3.8, 4) is 5.69 Å². The third kappa shape index (κ3) is 2.42. The molecule has 0 fully saturated rings. The number of pyridine rings is 1. The topological polar surface area (TPSA) is 30.7 Å². The monoisotopic (exact) mass is 389 g/mol. The van der Waals surface area contributed by atoms with Crippen LogP contribution in [0.2, 0.25) is 10.0 Å². The lowest BCUT2D eigenvalue weighted by molar-refractivity contribution is 0.969. The molecule has 0 saturated carbocycles. The van der Waals surface area contributed by atoms with E-state index in [2.05, 4.69) is 25.9 Å². The highest BCUT2D eigenvalue weighted by atomic mass is 79.9. The summed E-state index contributed by atoms with van der Waals surface area (Å²) < 4.78 is 2.70. The van der Waals surface area contributed by atoms with Crippen molar-refractivity contribution in [1.29, 1.82) is 0 Å². The Hall–Kier alpha value is -0.810. The molecule has 0 radical (unpaired) electrons. The largest absolute Gasteiger partial charge is 0.280 e. The highest BCUT2D eigenvalue weighted by Crippen LogP contribution is 2.28. The molecule has 2 aromatic heterocycles. The van der Waals surface area contributed by atoms with Gasteiger partial charge in [-0.25, -0.2) is 9.97 Å². The standard InChI is InChI=1S/C13H7BrCl3N3/c14-9-2-1-8(4-10(9)17)20-12(5-15)19-11-3-7(16)6-18-13(11)20/h1-4,6H,5H2. The Morgan fingerprint density at radius 2 is 2.00 bits per heavy atom. The van der Waals surface area contributed by atoms with Gasteiger partial charge in [0.1, 0.15) is 11.3 Å². The average molecular weight is 391 g/mol. The summed E-state index contributed by atoms with van der Waals surface area (Å²) in [5.41, 5.74) is 2.25. The van der Waals surface area contributed by atoms with Gasteiger partial charge in [-0.1, -0.05) is 23.2 Å². The van der Waals surface area contributed by atoms with Crippen molar-refractivity contribution in [3.05, 3.63) is 50.8 Å². The molecule has 0 unspecified atom stereocenters. The zero-order valence-corrected chi connectivity index (χ0v) is 13.8. The molecule has 3 aromatic rings. The first-order valence-electron chi connectivity index (χ1n) is 5.64. The molecule has 0 aliphatic heterocycles. The quantitative estimate of drug-likeness (QED) is 0.560. The van der Waals surface area contributed by atoms with Crippen LogP contribution in [0.1, 0.15) is 5.82 Å². The van der Waals surface area contributed by atoms with Crippen molar-refractivity contribution in [2.24, 2.45) is 0 Å². The zero-order chi connectivity index (χ0) is 14.3. The number of rotatable bonds is 2. The summed E-state index contributed by atoms with van der Waals surface area (Å²) in [6, 6.07) is 7.39. The molecule has 0 aliphatic rings. The molecule has 0 saturated heterocycles. The van der Waals surface area contributed by atoms with Crippen molar-refractivity contribution in [1.82, 2.24) is 14.5 Å². The van der Waals surface area contributed by atoms with E-state index in [1.165, 1.54) is 0 Å². The maximum Gasteiger partial charge on any atom is 0.164 e. The summed E-state index contributed by atoms with van der Waals surface area (Å²) in [6.45, 7) is 0. The normalized spacial score (nSPS) is 11.2. The van der Waals surface area contributed by atoms with Crippen molar-refractivity contribution in [2.45, 2.75) is 5.88 Å². The number of benzene rings is 1. The smallest absolute Gasteiger partial charge is 0.164 e. The van der Waals surface area contributed by atoms with E-state index in [0.29, 0.717) is 27.0 Å². The summed E-state index contributed by atoms with van der Waals surface area (Å²) in [6.07, 6.45) is 1.58. The maximum atomic E-state index is 6.15. The fourth-order valence-corrected chi connectivity index (χ4v) is 2.73. The van der Waals surface area contributed by atoms with Gasteiger partial charge in [0, 0.05) is 10.7 Å². The van der Waals surface area contributed by atoms with E-state index in [9.17, 15) is 0 Å². The molecule has 2 heterocycles. The molecule has 0 bridgehead atoms. The van der Waals surface area contributed by atoms with E-state index < -0.39 is 0 Å². The molecule has 0 atom stereocenters. The fourth-order valence-electron chi connectivity index (χ4n) is 1.97. The van der Waals surface area contributed by atoms with Crippen LogP contribution in [0.4, 0.5) is 0 Å². The Bertz CT molecular complexity index is 801. The van der Waals surface area contributed by atoms with Gasteiger partial charge in [-0.05, 0) is 40.2 Å². The predicted molar refractivity (Wildman–Crippen MR) is 86.1 cm³/mol. The second-order valence-electron chi connectivity index (χ2n) is 4.09. The van der Waals surface area contributed by atoms with Crippen molar-refractivity contribution >= 4 is 61.9 Å². The summed E-state index contributed by atoms with van der Waals surface area (Å²) in [5.74, 6) is 0.955. The first kappa shape index (κ1) is 14.1. The number of fused-ring (bicyclic) bond motifs is 1. The van der Waals surface area contributed by atoms with Crippen molar-refractivity contribution in [2.75, 3.05) is 0 Å². The van der Waals surface area contributed by atoms with E-state index in [1.807, 2.05) is 22.8 Å². The molecule has 0 aliphatic carbocycles. The Labute approximate surface area is 138 Å². The molecular weight excluding hydrogens is 384 g/mol. The number of hydrogen-bond donors (Lipinski definition) is 0. The minimum Gasteiger partial charge on any atom is -0.280 e. The summed E-state index contributed by atoms with van der Waals surface area (Å²) >= 11 is 21.4. The molecule has 0 N–H and O–H groups in total. The van der Waals surface area contributed by atoms with Gasteiger partial charge >= 0.3 is 0 Å². The lowest BCUT2D eigenvalue weighted by atomic mass is 10.3. The minimum absolute atomic E-state index is 0.266. The molecule has 20 heavy (non-hydrogen) atoms. The molecular formula is C13H7BrCl3N3. The van der Waals surface area contributed by atoms with Gasteiger partial charge in [0.05, 0.1) is 21.6 Å². The maximum absolute atomic E-state index is 6.15. The van der Waals surface area contributed by atoms with Gasteiger partial charge < -0.3 is 0 Å². The van der Waals surface area contributed by atoms with Crippen LogP contribution >= 0.6 is 50.7 Å². The second kappa shape index (κ2) is 5.53. The molecule has 102 valence electrons. The zero-order valence-electron chi connectivity index (χ0n) is 9.95. The van der Waals surface area contributed by atoms with Crippen LogP contribution in [0.5, 0.6) is 0 Å². The van der Waals surface area contributed by atoms with Crippen molar-refractivity contribution < 1.29 is 0 Å².